The first kappa shape index (κ1) is 22.4. The normalized spacial score (nSPS) is 11.7. The van der Waals surface area contributed by atoms with Crippen molar-refractivity contribution in [3.63, 3.8) is 0 Å². The zero-order valence-electron chi connectivity index (χ0n) is 17.5. The SMILES string of the molecule is Cc1ccc(C(=O)NCC(F)(F)F)cc1NC(=O)c1cn(CC(C)C)c2ccccc12. The van der Waals surface area contributed by atoms with Gasteiger partial charge in [-0.2, -0.15) is 13.2 Å². The Hall–Kier alpha value is -3.29. The van der Waals surface area contributed by atoms with Gasteiger partial charge in [-0.1, -0.05) is 38.1 Å². The van der Waals surface area contributed by atoms with Crippen LogP contribution in [0, 0.1) is 12.8 Å². The average Bonchev–Trinajstić information content (AvgIpc) is 3.05. The number of hydrogen-bond acceptors (Lipinski definition) is 2. The highest BCUT2D eigenvalue weighted by Crippen LogP contribution is 2.25. The number of aryl methyl sites for hydroxylation is 1. The van der Waals surface area contributed by atoms with E-state index in [1.807, 2.05) is 34.1 Å². The molecule has 2 aromatic carbocycles. The van der Waals surface area contributed by atoms with Gasteiger partial charge in [-0.25, -0.2) is 0 Å². The number of aromatic nitrogens is 1. The maximum absolute atomic E-state index is 13.0. The minimum atomic E-state index is -4.50. The summed E-state index contributed by atoms with van der Waals surface area (Å²) in [4.78, 5) is 25.1. The molecule has 1 heterocycles. The van der Waals surface area contributed by atoms with Gasteiger partial charge in [0.1, 0.15) is 6.54 Å². The minimum Gasteiger partial charge on any atom is -0.346 e. The molecule has 8 heteroatoms. The molecule has 0 saturated heterocycles. The van der Waals surface area contributed by atoms with Crippen LogP contribution in [0.15, 0.2) is 48.7 Å². The third kappa shape index (κ3) is 5.45. The van der Waals surface area contributed by atoms with E-state index in [0.29, 0.717) is 22.7 Å². The predicted octanol–water partition coefficient (Wildman–Crippen LogP) is 5.15. The van der Waals surface area contributed by atoms with E-state index in [1.165, 1.54) is 12.1 Å². The molecule has 0 radical (unpaired) electrons. The molecule has 3 rings (SSSR count). The molecule has 0 fully saturated rings. The van der Waals surface area contributed by atoms with Crippen molar-refractivity contribution in [2.45, 2.75) is 33.5 Å². The van der Waals surface area contributed by atoms with E-state index in [-0.39, 0.29) is 11.5 Å². The highest BCUT2D eigenvalue weighted by atomic mass is 19.4. The van der Waals surface area contributed by atoms with Crippen molar-refractivity contribution in [2.75, 3.05) is 11.9 Å². The number of benzene rings is 2. The lowest BCUT2D eigenvalue weighted by atomic mass is 10.1. The van der Waals surface area contributed by atoms with Gasteiger partial charge in [-0.15, -0.1) is 0 Å². The molecule has 0 aliphatic rings. The fraction of sp³-hybridized carbons (Fsp3) is 0.304. The van der Waals surface area contributed by atoms with Gasteiger partial charge in [0, 0.05) is 34.9 Å². The van der Waals surface area contributed by atoms with Crippen LogP contribution in [0.25, 0.3) is 10.9 Å². The number of carbonyl (C=O) groups is 2. The highest BCUT2D eigenvalue weighted by Gasteiger charge is 2.28. The summed E-state index contributed by atoms with van der Waals surface area (Å²) in [6.45, 7) is 5.26. The standard InChI is InChI=1S/C23H24F3N3O2/c1-14(2)11-29-12-18(17-6-4-5-7-20(17)29)22(31)28-19-10-16(9-8-15(19)3)21(30)27-13-23(24,25)26/h4-10,12,14H,11,13H2,1-3H3,(H,27,30)(H,28,31). The summed E-state index contributed by atoms with van der Waals surface area (Å²) < 4.78 is 39.1. The molecule has 2 N–H and O–H groups in total. The van der Waals surface area contributed by atoms with Gasteiger partial charge in [0.25, 0.3) is 11.8 Å². The fourth-order valence-electron chi connectivity index (χ4n) is 3.34. The van der Waals surface area contributed by atoms with Crippen molar-refractivity contribution in [2.24, 2.45) is 5.92 Å². The summed E-state index contributed by atoms with van der Waals surface area (Å²) in [7, 11) is 0. The molecule has 3 aromatic rings. The Balaban J connectivity index is 1.86. The van der Waals surface area contributed by atoms with Crippen molar-refractivity contribution in [3.05, 3.63) is 65.4 Å². The third-order valence-corrected chi connectivity index (χ3v) is 4.79. The van der Waals surface area contributed by atoms with Crippen molar-refractivity contribution in [3.8, 4) is 0 Å². The number of nitrogens with zero attached hydrogens (tertiary/aromatic N) is 1. The molecule has 31 heavy (non-hydrogen) atoms. The molecule has 0 aliphatic heterocycles. The van der Waals surface area contributed by atoms with Gasteiger partial charge in [0.15, 0.2) is 0 Å². The van der Waals surface area contributed by atoms with Crippen molar-refractivity contribution in [1.29, 1.82) is 0 Å². The number of carbonyl (C=O) groups excluding carboxylic acids is 2. The van der Waals surface area contributed by atoms with Crippen molar-refractivity contribution < 1.29 is 22.8 Å². The second-order valence-electron chi connectivity index (χ2n) is 7.89. The Bertz CT molecular complexity index is 1120. The Kier molecular flexibility index (Phi) is 6.38. The summed E-state index contributed by atoms with van der Waals surface area (Å²) in [5.74, 6) is -0.822. The number of anilines is 1. The first-order valence-electron chi connectivity index (χ1n) is 9.90. The number of nitrogens with one attached hydrogen (secondary N) is 2. The van der Waals surface area contributed by atoms with Gasteiger partial charge in [-0.05, 0) is 36.6 Å². The van der Waals surface area contributed by atoms with Crippen molar-refractivity contribution >= 4 is 28.4 Å². The van der Waals surface area contributed by atoms with E-state index in [1.54, 1.807) is 19.2 Å². The Morgan fingerprint density at radius 3 is 2.45 bits per heavy atom. The van der Waals surface area contributed by atoms with E-state index >= 15 is 0 Å². The topological polar surface area (TPSA) is 63.1 Å². The molecular weight excluding hydrogens is 407 g/mol. The molecular formula is C23H24F3N3O2. The van der Waals surface area contributed by atoms with Crippen LogP contribution in [-0.4, -0.2) is 29.1 Å². The van der Waals surface area contributed by atoms with E-state index in [0.717, 1.165) is 17.4 Å². The Labute approximate surface area is 178 Å². The monoisotopic (exact) mass is 431 g/mol. The van der Waals surface area contributed by atoms with E-state index < -0.39 is 18.6 Å². The smallest absolute Gasteiger partial charge is 0.346 e. The minimum absolute atomic E-state index is 0.0346. The molecule has 0 saturated carbocycles. The molecule has 0 aliphatic carbocycles. The van der Waals surface area contributed by atoms with Crippen LogP contribution in [-0.2, 0) is 6.54 Å². The number of halogens is 3. The molecule has 0 unspecified atom stereocenters. The number of para-hydroxylation sites is 1. The summed E-state index contributed by atoms with van der Waals surface area (Å²) in [6.07, 6.45) is -2.70. The van der Waals surface area contributed by atoms with Gasteiger partial charge >= 0.3 is 6.18 Å². The van der Waals surface area contributed by atoms with E-state index in [4.69, 9.17) is 0 Å². The zero-order chi connectivity index (χ0) is 22.8. The second kappa shape index (κ2) is 8.83. The highest BCUT2D eigenvalue weighted by molar-refractivity contribution is 6.13. The summed E-state index contributed by atoms with van der Waals surface area (Å²) in [6, 6.07) is 12.0. The summed E-state index contributed by atoms with van der Waals surface area (Å²) >= 11 is 0. The van der Waals surface area contributed by atoms with Gasteiger partial charge in [-0.3, -0.25) is 9.59 Å². The molecule has 0 atom stereocenters. The van der Waals surface area contributed by atoms with Crippen LogP contribution in [0.1, 0.15) is 40.1 Å². The van der Waals surface area contributed by atoms with Crippen LogP contribution in [0.2, 0.25) is 0 Å². The Morgan fingerprint density at radius 2 is 1.77 bits per heavy atom. The molecule has 2 amide bonds. The average molecular weight is 431 g/mol. The van der Waals surface area contributed by atoms with Crippen LogP contribution in [0.5, 0.6) is 0 Å². The van der Waals surface area contributed by atoms with Crippen LogP contribution in [0.3, 0.4) is 0 Å². The lowest BCUT2D eigenvalue weighted by Gasteiger charge is -2.12. The number of amides is 2. The van der Waals surface area contributed by atoms with Gasteiger partial charge in [0.05, 0.1) is 5.56 Å². The molecule has 0 spiro atoms. The molecule has 1 aromatic heterocycles. The number of hydrogen-bond donors (Lipinski definition) is 2. The van der Waals surface area contributed by atoms with E-state index in [9.17, 15) is 22.8 Å². The van der Waals surface area contributed by atoms with Crippen LogP contribution < -0.4 is 10.6 Å². The predicted molar refractivity (Wildman–Crippen MR) is 114 cm³/mol. The third-order valence-electron chi connectivity index (χ3n) is 4.79. The Morgan fingerprint density at radius 1 is 1.06 bits per heavy atom. The lowest BCUT2D eigenvalue weighted by molar-refractivity contribution is -0.123. The molecule has 5 nitrogen and oxygen atoms in total. The maximum Gasteiger partial charge on any atom is 0.405 e. The molecule has 164 valence electrons. The molecule has 0 bridgehead atoms. The number of rotatable bonds is 6. The van der Waals surface area contributed by atoms with Gasteiger partial charge < -0.3 is 15.2 Å². The van der Waals surface area contributed by atoms with Crippen molar-refractivity contribution in [1.82, 2.24) is 9.88 Å². The van der Waals surface area contributed by atoms with E-state index in [2.05, 4.69) is 19.2 Å². The van der Waals surface area contributed by atoms with Crippen LogP contribution >= 0.6 is 0 Å². The largest absolute Gasteiger partial charge is 0.405 e. The first-order chi connectivity index (χ1) is 14.5. The van der Waals surface area contributed by atoms with Gasteiger partial charge in [0.2, 0.25) is 0 Å². The quantitative estimate of drug-likeness (QED) is 0.567. The second-order valence-corrected chi connectivity index (χ2v) is 7.89. The first-order valence-corrected chi connectivity index (χ1v) is 9.90. The number of alkyl halides is 3. The fourth-order valence-corrected chi connectivity index (χ4v) is 3.34. The van der Waals surface area contributed by atoms with Crippen LogP contribution in [0.4, 0.5) is 18.9 Å². The number of fused-ring (bicyclic) bond motifs is 1. The zero-order valence-corrected chi connectivity index (χ0v) is 17.5. The summed E-state index contributed by atoms with van der Waals surface area (Å²) in [5, 5.41) is 5.44. The summed E-state index contributed by atoms with van der Waals surface area (Å²) in [5.41, 5.74) is 2.52. The maximum atomic E-state index is 13.0. The lowest BCUT2D eigenvalue weighted by Crippen LogP contribution is -2.33.